The molecule has 0 fully saturated rings. The molecular weight excluding hydrogens is 327 g/mol. The van der Waals surface area contributed by atoms with E-state index in [0.29, 0.717) is 17.4 Å². The van der Waals surface area contributed by atoms with Crippen LogP contribution in [0.15, 0.2) is 42.7 Å². The van der Waals surface area contributed by atoms with Crippen molar-refractivity contribution >= 4 is 10.9 Å². The fourth-order valence-electron chi connectivity index (χ4n) is 3.15. The molecule has 1 aromatic carbocycles. The third-order valence-electron chi connectivity index (χ3n) is 4.32. The Morgan fingerprint density at radius 1 is 1.20 bits per heavy atom. The van der Waals surface area contributed by atoms with Gasteiger partial charge in [-0.25, -0.2) is 0 Å². The molecule has 0 amide bonds. The van der Waals surface area contributed by atoms with Crippen molar-refractivity contribution in [3.05, 3.63) is 65.1 Å². The zero-order valence-electron chi connectivity index (χ0n) is 13.2. The lowest BCUT2D eigenvalue weighted by molar-refractivity contribution is -0.137. The van der Waals surface area contributed by atoms with E-state index in [1.54, 1.807) is 18.5 Å². The second-order valence-corrected chi connectivity index (χ2v) is 5.90. The van der Waals surface area contributed by atoms with Gasteiger partial charge in [-0.3, -0.25) is 9.55 Å². The molecule has 0 saturated heterocycles. The smallest absolute Gasteiger partial charge is 0.312 e. The molecule has 1 aliphatic heterocycles. The van der Waals surface area contributed by atoms with Gasteiger partial charge in [0.1, 0.15) is 0 Å². The number of rotatable bonds is 0. The molecule has 0 saturated carbocycles. The molecule has 0 unspecified atom stereocenters. The zero-order valence-corrected chi connectivity index (χ0v) is 13.2. The monoisotopic (exact) mass is 341 g/mol. The highest BCUT2D eigenvalue weighted by Gasteiger charge is 2.31. The van der Waals surface area contributed by atoms with Gasteiger partial charge in [-0.15, -0.1) is 0 Å². The van der Waals surface area contributed by atoms with Crippen LogP contribution in [0.4, 0.5) is 13.2 Å². The van der Waals surface area contributed by atoms with Crippen molar-refractivity contribution in [1.82, 2.24) is 14.9 Å². The molecule has 126 valence electrons. The van der Waals surface area contributed by atoms with E-state index in [1.165, 1.54) is 12.1 Å². The first-order chi connectivity index (χ1) is 12.0. The number of hydrogen-bond acceptors (Lipinski definition) is 2. The SMILES string of the molecule is FC(F)(F)c1ccc2c(c1)c1c(n2C#Cc2cccnc2)CCNC1. The average molecular weight is 341 g/mol. The summed E-state index contributed by atoms with van der Waals surface area (Å²) in [6.45, 7) is 1.33. The number of pyridine rings is 1. The van der Waals surface area contributed by atoms with E-state index in [4.69, 9.17) is 0 Å². The van der Waals surface area contributed by atoms with Crippen LogP contribution in [-0.2, 0) is 19.1 Å². The molecule has 25 heavy (non-hydrogen) atoms. The van der Waals surface area contributed by atoms with Gasteiger partial charge in [-0.05, 0) is 41.8 Å². The maximum Gasteiger partial charge on any atom is 0.416 e. The molecule has 2 aromatic heterocycles. The third kappa shape index (κ3) is 2.87. The fraction of sp³-hybridized carbons (Fsp3) is 0.211. The van der Waals surface area contributed by atoms with Crippen molar-refractivity contribution in [3.63, 3.8) is 0 Å². The Hall–Kier alpha value is -2.78. The minimum Gasteiger partial charge on any atom is -0.312 e. The predicted molar refractivity (Wildman–Crippen MR) is 88.9 cm³/mol. The number of hydrogen-bond donors (Lipinski definition) is 1. The van der Waals surface area contributed by atoms with E-state index in [2.05, 4.69) is 22.3 Å². The lowest BCUT2D eigenvalue weighted by Crippen LogP contribution is -2.24. The van der Waals surface area contributed by atoms with Gasteiger partial charge in [0.25, 0.3) is 0 Å². The zero-order chi connectivity index (χ0) is 17.4. The largest absolute Gasteiger partial charge is 0.416 e. The summed E-state index contributed by atoms with van der Waals surface area (Å²) < 4.78 is 41.0. The van der Waals surface area contributed by atoms with Crippen molar-refractivity contribution in [2.45, 2.75) is 19.1 Å². The van der Waals surface area contributed by atoms with Gasteiger partial charge in [0.05, 0.1) is 11.1 Å². The van der Waals surface area contributed by atoms with Gasteiger partial charge in [-0.1, -0.05) is 0 Å². The van der Waals surface area contributed by atoms with Crippen LogP contribution in [0, 0.1) is 12.0 Å². The summed E-state index contributed by atoms with van der Waals surface area (Å²) in [7, 11) is 0. The summed E-state index contributed by atoms with van der Waals surface area (Å²) in [5, 5.41) is 3.83. The number of benzene rings is 1. The number of nitrogens with zero attached hydrogens (tertiary/aromatic N) is 2. The van der Waals surface area contributed by atoms with Crippen molar-refractivity contribution in [2.24, 2.45) is 0 Å². The number of halogens is 3. The predicted octanol–water partition coefficient (Wildman–Crippen LogP) is 3.56. The van der Waals surface area contributed by atoms with Crippen LogP contribution in [-0.4, -0.2) is 16.1 Å². The van der Waals surface area contributed by atoms with E-state index in [9.17, 15) is 13.2 Å². The molecule has 0 aliphatic carbocycles. The first kappa shape index (κ1) is 15.7. The summed E-state index contributed by atoms with van der Waals surface area (Å²) in [5.74, 6) is 3.04. The standard InChI is InChI=1S/C19H14F3N3/c20-19(21,22)14-3-4-17-15(10-14)16-12-24-8-5-18(16)25(17)9-6-13-2-1-7-23-11-13/h1-4,7,10-11,24H,5,8,12H2. The Morgan fingerprint density at radius 2 is 2.08 bits per heavy atom. The molecule has 3 heterocycles. The van der Waals surface area contributed by atoms with Crippen molar-refractivity contribution in [3.8, 4) is 12.0 Å². The van der Waals surface area contributed by atoms with Crippen LogP contribution >= 0.6 is 0 Å². The van der Waals surface area contributed by atoms with Gasteiger partial charge in [0.2, 0.25) is 0 Å². The number of fused-ring (bicyclic) bond motifs is 3. The van der Waals surface area contributed by atoms with Crippen LogP contribution in [0.2, 0.25) is 0 Å². The number of aromatic nitrogens is 2. The summed E-state index contributed by atoms with van der Waals surface area (Å²) in [4.78, 5) is 4.03. The highest BCUT2D eigenvalue weighted by atomic mass is 19.4. The minimum atomic E-state index is -4.35. The normalized spacial score (nSPS) is 14.0. The van der Waals surface area contributed by atoms with Crippen LogP contribution in [0.3, 0.4) is 0 Å². The first-order valence-corrected chi connectivity index (χ1v) is 7.90. The minimum absolute atomic E-state index is 0.550. The van der Waals surface area contributed by atoms with Crippen LogP contribution < -0.4 is 5.32 Å². The molecule has 3 aromatic rings. The molecular formula is C19H14F3N3. The van der Waals surface area contributed by atoms with Crippen molar-refractivity contribution in [2.75, 3.05) is 6.54 Å². The molecule has 1 aliphatic rings. The number of nitrogens with one attached hydrogen (secondary N) is 1. The summed E-state index contributed by atoms with van der Waals surface area (Å²) in [6.07, 6.45) is -0.295. The van der Waals surface area contributed by atoms with E-state index >= 15 is 0 Å². The molecule has 3 nitrogen and oxygen atoms in total. The lowest BCUT2D eigenvalue weighted by atomic mass is 10.0. The molecule has 0 atom stereocenters. The second-order valence-electron chi connectivity index (χ2n) is 5.90. The Morgan fingerprint density at radius 3 is 2.84 bits per heavy atom. The highest BCUT2D eigenvalue weighted by Crippen LogP contribution is 2.35. The molecule has 0 radical (unpaired) electrons. The van der Waals surface area contributed by atoms with Crippen molar-refractivity contribution < 1.29 is 13.2 Å². The number of alkyl halides is 3. The van der Waals surface area contributed by atoms with Gasteiger partial charge >= 0.3 is 6.18 Å². The van der Waals surface area contributed by atoms with Gasteiger partial charge in [0.15, 0.2) is 0 Å². The highest BCUT2D eigenvalue weighted by molar-refractivity contribution is 5.87. The van der Waals surface area contributed by atoms with Crippen molar-refractivity contribution in [1.29, 1.82) is 0 Å². The molecule has 4 rings (SSSR count). The Balaban J connectivity index is 1.91. The van der Waals surface area contributed by atoms with Gasteiger partial charge < -0.3 is 5.32 Å². The fourth-order valence-corrected chi connectivity index (χ4v) is 3.15. The quantitative estimate of drug-likeness (QED) is 0.634. The van der Waals surface area contributed by atoms with Crippen LogP contribution in [0.5, 0.6) is 0 Å². The molecule has 6 heteroatoms. The molecule has 1 N–H and O–H groups in total. The summed E-state index contributed by atoms with van der Waals surface area (Å²) in [5.41, 5.74) is 2.71. The summed E-state index contributed by atoms with van der Waals surface area (Å²) in [6, 6.07) is 10.6. The first-order valence-electron chi connectivity index (χ1n) is 7.90. The summed E-state index contributed by atoms with van der Waals surface area (Å²) >= 11 is 0. The Labute approximate surface area is 142 Å². The van der Waals surface area contributed by atoms with E-state index in [1.807, 2.05) is 10.6 Å². The van der Waals surface area contributed by atoms with Gasteiger partial charge in [0, 0.05) is 54.6 Å². The topological polar surface area (TPSA) is 29.9 Å². The second kappa shape index (κ2) is 5.94. The van der Waals surface area contributed by atoms with Crippen LogP contribution in [0.1, 0.15) is 22.4 Å². The Kier molecular flexibility index (Phi) is 3.74. The van der Waals surface area contributed by atoms with Crippen LogP contribution in [0.25, 0.3) is 10.9 Å². The van der Waals surface area contributed by atoms with Gasteiger partial charge in [-0.2, -0.15) is 13.2 Å². The van der Waals surface area contributed by atoms with E-state index in [0.717, 1.165) is 35.9 Å². The maximum absolute atomic E-state index is 13.1. The average Bonchev–Trinajstić information content (AvgIpc) is 2.93. The lowest BCUT2D eigenvalue weighted by Gasteiger charge is -2.14. The molecule has 0 spiro atoms. The Bertz CT molecular complexity index is 992. The van der Waals surface area contributed by atoms with E-state index in [-0.39, 0.29) is 0 Å². The maximum atomic E-state index is 13.1. The van der Waals surface area contributed by atoms with E-state index < -0.39 is 11.7 Å². The molecule has 0 bridgehead atoms. The third-order valence-corrected chi connectivity index (χ3v) is 4.32.